The SMILES string of the molecule is CCOC1CCCN(C(CC)CN)C1. The van der Waals surface area contributed by atoms with E-state index >= 15 is 0 Å². The van der Waals surface area contributed by atoms with Crippen LogP contribution in [-0.2, 0) is 4.74 Å². The van der Waals surface area contributed by atoms with Crippen LogP contribution >= 0.6 is 0 Å². The zero-order valence-corrected chi connectivity index (χ0v) is 9.54. The largest absolute Gasteiger partial charge is 0.377 e. The van der Waals surface area contributed by atoms with Gasteiger partial charge in [0.2, 0.25) is 0 Å². The molecule has 0 aliphatic carbocycles. The summed E-state index contributed by atoms with van der Waals surface area (Å²) in [5, 5.41) is 0. The first-order valence-electron chi connectivity index (χ1n) is 5.87. The Morgan fingerprint density at radius 1 is 1.50 bits per heavy atom. The highest BCUT2D eigenvalue weighted by Gasteiger charge is 2.24. The summed E-state index contributed by atoms with van der Waals surface area (Å²) in [5.74, 6) is 0. The lowest BCUT2D eigenvalue weighted by Gasteiger charge is -2.37. The van der Waals surface area contributed by atoms with E-state index in [-0.39, 0.29) is 0 Å². The Hall–Kier alpha value is -0.120. The maximum atomic E-state index is 5.75. The second kappa shape index (κ2) is 6.38. The number of nitrogens with two attached hydrogens (primary N) is 1. The van der Waals surface area contributed by atoms with Crippen LogP contribution < -0.4 is 5.73 Å². The summed E-state index contributed by atoms with van der Waals surface area (Å²) in [6, 6.07) is 0.554. The van der Waals surface area contributed by atoms with Gasteiger partial charge in [-0.3, -0.25) is 4.90 Å². The van der Waals surface area contributed by atoms with Crippen molar-refractivity contribution in [1.82, 2.24) is 4.90 Å². The van der Waals surface area contributed by atoms with Gasteiger partial charge in [0, 0.05) is 25.7 Å². The predicted octanol–water partition coefficient (Wildman–Crippen LogP) is 1.22. The van der Waals surface area contributed by atoms with Crippen LogP contribution in [0.5, 0.6) is 0 Å². The molecule has 2 N–H and O–H groups in total. The number of nitrogens with zero attached hydrogens (tertiary/aromatic N) is 1. The number of piperidine rings is 1. The van der Waals surface area contributed by atoms with E-state index in [1.54, 1.807) is 0 Å². The van der Waals surface area contributed by atoms with Crippen LogP contribution in [0.1, 0.15) is 33.1 Å². The Morgan fingerprint density at radius 2 is 2.29 bits per heavy atom. The van der Waals surface area contributed by atoms with Gasteiger partial charge in [-0.15, -0.1) is 0 Å². The molecule has 1 aliphatic rings. The number of hydrogen-bond donors (Lipinski definition) is 1. The van der Waals surface area contributed by atoms with Crippen LogP contribution in [0.25, 0.3) is 0 Å². The van der Waals surface area contributed by atoms with E-state index in [9.17, 15) is 0 Å². The quantitative estimate of drug-likeness (QED) is 0.725. The smallest absolute Gasteiger partial charge is 0.0702 e. The third kappa shape index (κ3) is 3.23. The van der Waals surface area contributed by atoms with E-state index in [2.05, 4.69) is 18.7 Å². The summed E-state index contributed by atoms with van der Waals surface area (Å²) in [5.41, 5.74) is 5.75. The first-order chi connectivity index (χ1) is 6.81. The van der Waals surface area contributed by atoms with Crippen molar-refractivity contribution in [2.24, 2.45) is 5.73 Å². The maximum Gasteiger partial charge on any atom is 0.0702 e. The molecule has 0 aromatic heterocycles. The molecular formula is C11H24N2O. The average molecular weight is 200 g/mol. The van der Waals surface area contributed by atoms with Gasteiger partial charge in [-0.1, -0.05) is 6.92 Å². The number of ether oxygens (including phenoxy) is 1. The molecule has 2 atom stereocenters. The number of hydrogen-bond acceptors (Lipinski definition) is 3. The maximum absolute atomic E-state index is 5.75. The highest BCUT2D eigenvalue weighted by atomic mass is 16.5. The zero-order chi connectivity index (χ0) is 10.4. The second-order valence-electron chi connectivity index (χ2n) is 4.01. The van der Waals surface area contributed by atoms with E-state index in [4.69, 9.17) is 10.5 Å². The highest BCUT2D eigenvalue weighted by Crippen LogP contribution is 2.16. The van der Waals surface area contributed by atoms with Gasteiger partial charge < -0.3 is 10.5 Å². The van der Waals surface area contributed by atoms with Gasteiger partial charge in [0.25, 0.3) is 0 Å². The third-order valence-corrected chi connectivity index (χ3v) is 3.07. The average Bonchev–Trinajstić information content (AvgIpc) is 2.21. The van der Waals surface area contributed by atoms with Gasteiger partial charge in [-0.2, -0.15) is 0 Å². The Kier molecular flexibility index (Phi) is 5.45. The fourth-order valence-corrected chi connectivity index (χ4v) is 2.24. The lowest BCUT2D eigenvalue weighted by molar-refractivity contribution is -0.00663. The zero-order valence-electron chi connectivity index (χ0n) is 9.54. The van der Waals surface area contributed by atoms with Gasteiger partial charge in [-0.05, 0) is 32.7 Å². The molecule has 3 nitrogen and oxygen atoms in total. The minimum absolute atomic E-state index is 0.439. The first kappa shape index (κ1) is 12.0. The van der Waals surface area contributed by atoms with Crippen molar-refractivity contribution in [2.45, 2.75) is 45.3 Å². The second-order valence-corrected chi connectivity index (χ2v) is 4.01. The van der Waals surface area contributed by atoms with Gasteiger partial charge in [0.05, 0.1) is 6.10 Å². The van der Waals surface area contributed by atoms with Crippen molar-refractivity contribution in [2.75, 3.05) is 26.2 Å². The van der Waals surface area contributed by atoms with Crippen molar-refractivity contribution >= 4 is 0 Å². The predicted molar refractivity (Wildman–Crippen MR) is 59.4 cm³/mol. The Morgan fingerprint density at radius 3 is 2.86 bits per heavy atom. The molecule has 1 aliphatic heterocycles. The van der Waals surface area contributed by atoms with Gasteiger partial charge in [0.1, 0.15) is 0 Å². The molecule has 1 rings (SSSR count). The van der Waals surface area contributed by atoms with Crippen molar-refractivity contribution in [3.63, 3.8) is 0 Å². The summed E-state index contributed by atoms with van der Waals surface area (Å²) in [6.07, 6.45) is 4.05. The lowest BCUT2D eigenvalue weighted by Crippen LogP contribution is -2.48. The van der Waals surface area contributed by atoms with Crippen molar-refractivity contribution in [3.05, 3.63) is 0 Å². The molecule has 14 heavy (non-hydrogen) atoms. The van der Waals surface area contributed by atoms with Crippen molar-refractivity contribution in [1.29, 1.82) is 0 Å². The fourth-order valence-electron chi connectivity index (χ4n) is 2.24. The highest BCUT2D eigenvalue weighted by molar-refractivity contribution is 4.79. The molecule has 0 amide bonds. The van der Waals surface area contributed by atoms with Crippen molar-refractivity contribution < 1.29 is 4.74 Å². The molecule has 0 bridgehead atoms. The summed E-state index contributed by atoms with van der Waals surface area (Å²) in [7, 11) is 0. The molecule has 1 fully saturated rings. The van der Waals surface area contributed by atoms with Gasteiger partial charge in [0.15, 0.2) is 0 Å². The number of rotatable bonds is 5. The van der Waals surface area contributed by atoms with Crippen molar-refractivity contribution in [3.8, 4) is 0 Å². The van der Waals surface area contributed by atoms with E-state index in [0.717, 1.165) is 26.1 Å². The topological polar surface area (TPSA) is 38.5 Å². The van der Waals surface area contributed by atoms with Crippen LogP contribution in [0.2, 0.25) is 0 Å². The standard InChI is InChI=1S/C11H24N2O/c1-3-10(8-12)13-7-5-6-11(9-13)14-4-2/h10-11H,3-9,12H2,1-2H3. The molecule has 0 aromatic rings. The monoisotopic (exact) mass is 200 g/mol. The third-order valence-electron chi connectivity index (χ3n) is 3.07. The van der Waals surface area contributed by atoms with E-state index < -0.39 is 0 Å². The van der Waals surface area contributed by atoms with Crippen LogP contribution in [0.4, 0.5) is 0 Å². The van der Waals surface area contributed by atoms with Crippen LogP contribution in [0, 0.1) is 0 Å². The summed E-state index contributed by atoms with van der Waals surface area (Å²) in [6.45, 7) is 8.15. The van der Waals surface area contributed by atoms with Crippen LogP contribution in [0.3, 0.4) is 0 Å². The van der Waals surface area contributed by atoms with E-state index in [1.165, 1.54) is 19.4 Å². The molecule has 1 heterocycles. The number of likely N-dealkylation sites (tertiary alicyclic amines) is 1. The first-order valence-corrected chi connectivity index (χ1v) is 5.87. The molecule has 0 saturated carbocycles. The van der Waals surface area contributed by atoms with E-state index in [1.807, 2.05) is 0 Å². The minimum atomic E-state index is 0.439. The molecular weight excluding hydrogens is 176 g/mol. The molecule has 0 spiro atoms. The summed E-state index contributed by atoms with van der Waals surface area (Å²) >= 11 is 0. The van der Waals surface area contributed by atoms with Gasteiger partial charge in [-0.25, -0.2) is 0 Å². The molecule has 0 aromatic carbocycles. The van der Waals surface area contributed by atoms with Crippen LogP contribution in [0.15, 0.2) is 0 Å². The Bertz CT molecular complexity index is 146. The summed E-state index contributed by atoms with van der Waals surface area (Å²) < 4.78 is 5.67. The molecule has 3 heteroatoms. The summed E-state index contributed by atoms with van der Waals surface area (Å²) in [4.78, 5) is 2.49. The molecule has 84 valence electrons. The van der Waals surface area contributed by atoms with Crippen LogP contribution in [-0.4, -0.2) is 43.3 Å². The van der Waals surface area contributed by atoms with Gasteiger partial charge >= 0.3 is 0 Å². The van der Waals surface area contributed by atoms with E-state index in [0.29, 0.717) is 12.1 Å². The minimum Gasteiger partial charge on any atom is -0.377 e. The molecule has 2 unspecified atom stereocenters. The molecule has 1 saturated heterocycles. The Balaban J connectivity index is 2.38. The Labute approximate surface area is 87.6 Å². The molecule has 0 radical (unpaired) electrons. The normalized spacial score (nSPS) is 26.4. The lowest BCUT2D eigenvalue weighted by atomic mass is 10.0. The fraction of sp³-hybridized carbons (Fsp3) is 1.00.